The van der Waals surface area contributed by atoms with Crippen LogP contribution in [0.5, 0.6) is 5.75 Å². The van der Waals surface area contributed by atoms with E-state index in [0.29, 0.717) is 24.3 Å². The number of unbranched alkanes of at least 4 members (excludes halogenated alkanes) is 2. The minimum Gasteiger partial charge on any atom is -0.493 e. The molecule has 3 aromatic rings. The predicted molar refractivity (Wildman–Crippen MR) is 175 cm³/mol. The van der Waals surface area contributed by atoms with Crippen LogP contribution in [0.3, 0.4) is 0 Å². The van der Waals surface area contributed by atoms with Crippen molar-refractivity contribution in [3.05, 3.63) is 99.6 Å². The van der Waals surface area contributed by atoms with Crippen LogP contribution in [0.25, 0.3) is 0 Å². The molecule has 2 aliphatic rings. The molecule has 1 aliphatic heterocycles. The van der Waals surface area contributed by atoms with Crippen molar-refractivity contribution in [2.45, 2.75) is 96.5 Å². The first-order valence-corrected chi connectivity index (χ1v) is 16.3. The Morgan fingerprint density at radius 1 is 0.841 bits per heavy atom. The number of carbonyl (C=O) groups is 2. The van der Waals surface area contributed by atoms with Crippen LogP contribution in [-0.4, -0.2) is 40.6 Å². The first-order valence-electron chi connectivity index (χ1n) is 16.3. The van der Waals surface area contributed by atoms with Crippen LogP contribution in [0.2, 0.25) is 0 Å². The van der Waals surface area contributed by atoms with Gasteiger partial charge in [-0.2, -0.15) is 0 Å². The first kappa shape index (κ1) is 31.5. The second-order valence-electron chi connectivity index (χ2n) is 12.5. The van der Waals surface area contributed by atoms with Crippen LogP contribution in [0, 0.1) is 25.7 Å². The topological polar surface area (TPSA) is 66.8 Å². The quantitative estimate of drug-likeness (QED) is 0.140. The van der Waals surface area contributed by atoms with E-state index >= 15 is 0 Å². The van der Waals surface area contributed by atoms with Gasteiger partial charge in [0.1, 0.15) is 11.4 Å². The van der Waals surface area contributed by atoms with Crippen molar-refractivity contribution in [1.29, 1.82) is 0 Å². The average Bonchev–Trinajstić information content (AvgIpc) is 3.57. The lowest BCUT2D eigenvalue weighted by Crippen LogP contribution is -2.30. The summed E-state index contributed by atoms with van der Waals surface area (Å²) in [5.41, 5.74) is 5.88. The third kappa shape index (κ3) is 6.33. The highest BCUT2D eigenvalue weighted by Crippen LogP contribution is 2.41. The van der Waals surface area contributed by atoms with Gasteiger partial charge in [0.15, 0.2) is 0 Å². The maximum absolute atomic E-state index is 12.6. The monoisotopic (exact) mass is 591 g/mol. The van der Waals surface area contributed by atoms with Crippen LogP contribution >= 0.6 is 0 Å². The highest BCUT2D eigenvalue weighted by atomic mass is 16.5. The van der Waals surface area contributed by atoms with E-state index in [1.165, 1.54) is 16.0 Å². The van der Waals surface area contributed by atoms with Gasteiger partial charge in [0.2, 0.25) is 0 Å². The molecule has 0 bridgehead atoms. The number of ether oxygens (including phenoxy) is 1. The summed E-state index contributed by atoms with van der Waals surface area (Å²) in [5, 5.41) is 10.7. The van der Waals surface area contributed by atoms with Crippen LogP contribution in [0.15, 0.2) is 60.7 Å². The number of rotatable bonds is 11. The van der Waals surface area contributed by atoms with E-state index in [0.717, 1.165) is 80.2 Å². The van der Waals surface area contributed by atoms with Gasteiger partial charge in [-0.3, -0.25) is 14.5 Å². The van der Waals surface area contributed by atoms with Crippen LogP contribution in [0.4, 0.5) is 0 Å². The molecule has 5 rings (SSSR count). The summed E-state index contributed by atoms with van der Waals surface area (Å²) in [6.07, 6.45) is 8.05. The smallest absolute Gasteiger partial charge is 0.261 e. The molecule has 1 aliphatic carbocycles. The number of hydrogen-bond acceptors (Lipinski definition) is 4. The number of imide groups is 1. The summed E-state index contributed by atoms with van der Waals surface area (Å²) >= 11 is 0. The van der Waals surface area contributed by atoms with Gasteiger partial charge in [-0.15, -0.1) is 0 Å². The van der Waals surface area contributed by atoms with E-state index in [1.807, 2.05) is 0 Å². The van der Waals surface area contributed by atoms with Gasteiger partial charge in [0, 0.05) is 17.5 Å². The van der Waals surface area contributed by atoms with E-state index in [2.05, 4.69) is 75.9 Å². The minimum atomic E-state index is -0.829. The summed E-state index contributed by atoms with van der Waals surface area (Å²) < 4.78 is 6.17. The molecule has 5 heteroatoms. The summed E-state index contributed by atoms with van der Waals surface area (Å²) in [4.78, 5) is 26.5. The zero-order chi connectivity index (χ0) is 31.3. The van der Waals surface area contributed by atoms with Gasteiger partial charge in [-0.1, -0.05) is 62.1 Å². The lowest BCUT2D eigenvalue weighted by atomic mass is 9.70. The third-order valence-corrected chi connectivity index (χ3v) is 9.74. The molecular formula is C39H45NO4. The number of nitrogens with zero attached hydrogens (tertiary/aromatic N) is 1. The maximum atomic E-state index is 12.6. The fraction of sp³-hybridized carbons (Fsp3) is 0.436. The van der Waals surface area contributed by atoms with Crippen molar-refractivity contribution in [3.63, 3.8) is 0 Å². The van der Waals surface area contributed by atoms with E-state index in [-0.39, 0.29) is 17.2 Å². The van der Waals surface area contributed by atoms with E-state index in [1.54, 1.807) is 24.3 Å². The average molecular weight is 592 g/mol. The van der Waals surface area contributed by atoms with Crippen LogP contribution < -0.4 is 4.74 Å². The van der Waals surface area contributed by atoms with Gasteiger partial charge in [0.25, 0.3) is 11.8 Å². The molecule has 0 radical (unpaired) electrons. The minimum absolute atomic E-state index is 0.117. The number of amides is 2. The van der Waals surface area contributed by atoms with Crippen molar-refractivity contribution in [1.82, 2.24) is 4.90 Å². The SMILES string of the molecule is CCC(CC)(c1ccc(C#CC2(O)CCCC2)c(C)c1)c1ccc(OCCCCCN2C(=O)c3ccccc3C2=O)c(C)c1. The van der Waals surface area contributed by atoms with E-state index in [9.17, 15) is 14.7 Å². The molecule has 1 N–H and O–H groups in total. The van der Waals surface area contributed by atoms with Crippen molar-refractivity contribution < 1.29 is 19.4 Å². The van der Waals surface area contributed by atoms with Crippen LogP contribution in [0.1, 0.15) is 120 Å². The van der Waals surface area contributed by atoms with E-state index < -0.39 is 5.60 Å². The summed E-state index contributed by atoms with van der Waals surface area (Å²) in [7, 11) is 0. The second-order valence-corrected chi connectivity index (χ2v) is 12.5. The summed E-state index contributed by atoms with van der Waals surface area (Å²) in [6.45, 7) is 9.75. The maximum Gasteiger partial charge on any atom is 0.261 e. The second kappa shape index (κ2) is 13.4. The molecule has 0 saturated heterocycles. The summed E-state index contributed by atoms with van der Waals surface area (Å²) in [5.74, 6) is 6.94. The van der Waals surface area contributed by atoms with Gasteiger partial charge in [-0.25, -0.2) is 0 Å². The Hall–Kier alpha value is -3.88. The Bertz CT molecular complexity index is 1550. The largest absolute Gasteiger partial charge is 0.493 e. The van der Waals surface area contributed by atoms with Gasteiger partial charge in [0.05, 0.1) is 17.7 Å². The number of carbonyl (C=O) groups excluding carboxylic acids is 2. The van der Waals surface area contributed by atoms with Crippen molar-refractivity contribution in [3.8, 4) is 17.6 Å². The van der Waals surface area contributed by atoms with Crippen LogP contribution in [-0.2, 0) is 5.41 Å². The van der Waals surface area contributed by atoms with Crippen molar-refractivity contribution in [2.75, 3.05) is 13.2 Å². The highest BCUT2D eigenvalue weighted by Gasteiger charge is 2.35. The number of aliphatic hydroxyl groups is 1. The lowest BCUT2D eigenvalue weighted by Gasteiger charge is -2.34. The highest BCUT2D eigenvalue weighted by molar-refractivity contribution is 6.21. The number of benzene rings is 3. The third-order valence-electron chi connectivity index (χ3n) is 9.74. The molecule has 230 valence electrons. The number of fused-ring (bicyclic) bond motifs is 1. The Balaban J connectivity index is 1.18. The normalized spacial score (nSPS) is 15.7. The molecule has 44 heavy (non-hydrogen) atoms. The fourth-order valence-electron chi connectivity index (χ4n) is 6.89. The molecule has 0 spiro atoms. The van der Waals surface area contributed by atoms with Crippen molar-refractivity contribution >= 4 is 11.8 Å². The molecule has 2 amide bonds. The Morgan fingerprint density at radius 3 is 2.05 bits per heavy atom. The van der Waals surface area contributed by atoms with Gasteiger partial charge < -0.3 is 9.84 Å². The Labute approximate surface area is 262 Å². The predicted octanol–water partition coefficient (Wildman–Crippen LogP) is 7.91. The molecule has 0 aromatic heterocycles. The Kier molecular flexibility index (Phi) is 9.61. The Morgan fingerprint density at radius 2 is 1.45 bits per heavy atom. The first-order chi connectivity index (χ1) is 21.2. The zero-order valence-corrected chi connectivity index (χ0v) is 26.7. The molecule has 3 aromatic carbocycles. The molecule has 1 saturated carbocycles. The van der Waals surface area contributed by atoms with E-state index in [4.69, 9.17) is 4.74 Å². The van der Waals surface area contributed by atoms with Crippen molar-refractivity contribution in [2.24, 2.45) is 0 Å². The molecule has 1 fully saturated rings. The van der Waals surface area contributed by atoms with Gasteiger partial charge >= 0.3 is 0 Å². The van der Waals surface area contributed by atoms with Gasteiger partial charge in [-0.05, 0) is 118 Å². The number of hydrogen-bond donors (Lipinski definition) is 1. The molecule has 0 atom stereocenters. The lowest BCUT2D eigenvalue weighted by molar-refractivity contribution is 0.0651. The fourth-order valence-corrected chi connectivity index (χ4v) is 6.89. The standard InChI is InChI=1S/C39H45NO4/c1-5-39(6-2,31-17-16-30(28(3)26-31)20-23-38(43)21-10-11-22-38)32-18-19-35(29(4)27-32)44-25-13-7-12-24-40-36(41)33-14-8-9-15-34(33)37(40)42/h8-9,14-19,26-27,43H,5-7,10-13,21-22,24-25H2,1-4H3. The number of aryl methyl sites for hydroxylation is 2. The molecule has 0 unspecified atom stereocenters. The zero-order valence-electron chi connectivity index (χ0n) is 26.7. The molecule has 5 nitrogen and oxygen atoms in total. The molecule has 1 heterocycles. The summed E-state index contributed by atoms with van der Waals surface area (Å²) in [6, 6.07) is 20.2. The molecular weight excluding hydrogens is 546 g/mol.